The Hall–Kier alpha value is -2.28. The summed E-state index contributed by atoms with van der Waals surface area (Å²) in [4.78, 5) is 8.32. The molecule has 0 fully saturated rings. The van der Waals surface area contributed by atoms with Gasteiger partial charge in [-0.25, -0.2) is 4.98 Å². The fraction of sp³-hybridized carbons (Fsp3) is 0.167. The van der Waals surface area contributed by atoms with Crippen molar-refractivity contribution in [2.75, 3.05) is 0 Å². The maximum Gasteiger partial charge on any atom is 0.195 e. The first-order valence-corrected chi connectivity index (χ1v) is 6.18. The van der Waals surface area contributed by atoms with Crippen LogP contribution in [-0.2, 0) is 13.6 Å². The lowest BCUT2D eigenvalue weighted by Crippen LogP contribution is -2.07. The van der Waals surface area contributed by atoms with Crippen LogP contribution < -0.4 is 0 Å². The van der Waals surface area contributed by atoms with E-state index in [1.54, 1.807) is 18.6 Å². The van der Waals surface area contributed by atoms with Gasteiger partial charge in [0, 0.05) is 37.4 Å². The maximum absolute atomic E-state index is 5.28. The lowest BCUT2D eigenvalue weighted by molar-refractivity contribution is 0.696. The number of hydrogen-bond acceptors (Lipinski definition) is 4. The zero-order chi connectivity index (χ0) is 13.2. The molecule has 0 amide bonds. The first-order valence-electron chi connectivity index (χ1n) is 5.77. The maximum atomic E-state index is 5.28. The van der Waals surface area contributed by atoms with Crippen molar-refractivity contribution in [2.24, 2.45) is 7.05 Å². The Bertz CT molecular complexity index is 739. The number of aromatic amines is 1. The summed E-state index contributed by atoms with van der Waals surface area (Å²) in [5, 5.41) is 7.10. The van der Waals surface area contributed by atoms with Gasteiger partial charge in [0.15, 0.2) is 10.6 Å². The van der Waals surface area contributed by atoms with Crippen molar-refractivity contribution in [3.63, 3.8) is 0 Å². The van der Waals surface area contributed by atoms with Gasteiger partial charge in [-0.3, -0.25) is 14.6 Å². The van der Waals surface area contributed by atoms with Crippen molar-refractivity contribution in [1.82, 2.24) is 29.3 Å². The summed E-state index contributed by atoms with van der Waals surface area (Å²) in [5.74, 6) is 1.71. The van der Waals surface area contributed by atoms with Crippen LogP contribution in [0.2, 0.25) is 0 Å². The zero-order valence-electron chi connectivity index (χ0n) is 10.3. The van der Waals surface area contributed by atoms with Crippen LogP contribution in [0.3, 0.4) is 0 Å². The van der Waals surface area contributed by atoms with Crippen LogP contribution in [0.15, 0.2) is 36.9 Å². The first-order chi connectivity index (χ1) is 9.25. The lowest BCUT2D eigenvalue weighted by Gasteiger charge is -2.06. The van der Waals surface area contributed by atoms with Crippen LogP contribution in [0.25, 0.3) is 11.4 Å². The van der Waals surface area contributed by atoms with E-state index in [1.165, 1.54) is 0 Å². The average molecular weight is 272 g/mol. The molecule has 6 nitrogen and oxygen atoms in total. The van der Waals surface area contributed by atoms with Crippen molar-refractivity contribution in [3.8, 4) is 11.4 Å². The summed E-state index contributed by atoms with van der Waals surface area (Å²) in [6.07, 6.45) is 7.15. The number of hydrogen-bond donors (Lipinski definition) is 1. The number of rotatable bonds is 3. The van der Waals surface area contributed by atoms with Gasteiger partial charge in [-0.1, -0.05) is 0 Å². The Kier molecular flexibility index (Phi) is 2.96. The van der Waals surface area contributed by atoms with Gasteiger partial charge in [-0.15, -0.1) is 0 Å². The van der Waals surface area contributed by atoms with Crippen molar-refractivity contribution in [2.45, 2.75) is 6.54 Å². The second-order valence-corrected chi connectivity index (χ2v) is 4.52. The van der Waals surface area contributed by atoms with Gasteiger partial charge in [0.05, 0.1) is 6.54 Å². The third-order valence-corrected chi connectivity index (χ3v) is 3.23. The highest BCUT2D eigenvalue weighted by Gasteiger charge is 2.10. The molecule has 0 atom stereocenters. The quantitative estimate of drug-likeness (QED) is 0.738. The predicted molar refractivity (Wildman–Crippen MR) is 73.0 cm³/mol. The SMILES string of the molecule is Cn1ccnc1Cn1c(-c2ccncc2)n[nH]c1=S. The number of H-pyrrole nitrogens is 1. The molecule has 0 spiro atoms. The monoisotopic (exact) mass is 272 g/mol. The third-order valence-electron chi connectivity index (χ3n) is 2.92. The molecule has 0 saturated heterocycles. The van der Waals surface area contributed by atoms with E-state index in [-0.39, 0.29) is 0 Å². The second kappa shape index (κ2) is 4.77. The molecule has 19 heavy (non-hydrogen) atoms. The van der Waals surface area contributed by atoms with Gasteiger partial charge in [0.1, 0.15) is 5.82 Å². The Labute approximate surface area is 114 Å². The molecule has 0 aliphatic carbocycles. The molecule has 0 aromatic carbocycles. The van der Waals surface area contributed by atoms with Gasteiger partial charge in [-0.05, 0) is 24.4 Å². The van der Waals surface area contributed by atoms with Gasteiger partial charge in [-0.2, -0.15) is 5.10 Å². The number of aryl methyl sites for hydroxylation is 1. The highest BCUT2D eigenvalue weighted by atomic mass is 32.1. The minimum absolute atomic E-state index is 0.579. The Morgan fingerprint density at radius 3 is 2.74 bits per heavy atom. The lowest BCUT2D eigenvalue weighted by atomic mass is 10.2. The summed E-state index contributed by atoms with van der Waals surface area (Å²) >= 11 is 5.28. The molecule has 1 N–H and O–H groups in total. The van der Waals surface area contributed by atoms with Gasteiger partial charge in [0.2, 0.25) is 0 Å². The van der Waals surface area contributed by atoms with Crippen LogP contribution in [0.1, 0.15) is 5.82 Å². The molecule has 0 aliphatic heterocycles. The average Bonchev–Trinajstić information content (AvgIpc) is 2.99. The molecule has 3 heterocycles. The number of imidazole rings is 1. The fourth-order valence-corrected chi connectivity index (χ4v) is 2.07. The molecule has 96 valence electrons. The smallest absolute Gasteiger partial charge is 0.195 e. The normalized spacial score (nSPS) is 10.8. The van der Waals surface area contributed by atoms with E-state index in [0.29, 0.717) is 11.3 Å². The fourth-order valence-electron chi connectivity index (χ4n) is 1.88. The van der Waals surface area contributed by atoms with Crippen molar-refractivity contribution in [3.05, 3.63) is 47.5 Å². The number of aromatic nitrogens is 6. The van der Waals surface area contributed by atoms with E-state index < -0.39 is 0 Å². The van der Waals surface area contributed by atoms with E-state index in [4.69, 9.17) is 12.2 Å². The summed E-state index contributed by atoms with van der Waals surface area (Å²) in [6.45, 7) is 0.580. The second-order valence-electron chi connectivity index (χ2n) is 4.13. The molecular formula is C12H12N6S. The zero-order valence-corrected chi connectivity index (χ0v) is 11.1. The van der Waals surface area contributed by atoms with Gasteiger partial charge >= 0.3 is 0 Å². The highest BCUT2D eigenvalue weighted by molar-refractivity contribution is 7.71. The van der Waals surface area contributed by atoms with Crippen LogP contribution in [0.5, 0.6) is 0 Å². The molecule has 3 rings (SSSR count). The summed E-state index contributed by atoms with van der Waals surface area (Å²) in [6, 6.07) is 3.81. The van der Waals surface area contributed by atoms with E-state index in [1.807, 2.05) is 34.5 Å². The molecule has 0 saturated carbocycles. The molecular weight excluding hydrogens is 260 g/mol. The van der Waals surface area contributed by atoms with Crippen LogP contribution in [0, 0.1) is 4.77 Å². The summed E-state index contributed by atoms with van der Waals surface area (Å²) < 4.78 is 4.47. The topological polar surface area (TPSA) is 64.3 Å². The van der Waals surface area contributed by atoms with E-state index >= 15 is 0 Å². The van der Waals surface area contributed by atoms with Crippen molar-refractivity contribution < 1.29 is 0 Å². The first kappa shape index (κ1) is 11.8. The summed E-state index contributed by atoms with van der Waals surface area (Å²) in [5.41, 5.74) is 0.969. The highest BCUT2D eigenvalue weighted by Crippen LogP contribution is 2.16. The Balaban J connectivity index is 2.05. The minimum Gasteiger partial charge on any atom is -0.337 e. The molecule has 0 bridgehead atoms. The van der Waals surface area contributed by atoms with Gasteiger partial charge < -0.3 is 4.57 Å². The minimum atomic E-state index is 0.579. The molecule has 0 unspecified atom stereocenters. The van der Waals surface area contributed by atoms with Crippen molar-refractivity contribution in [1.29, 1.82) is 0 Å². The predicted octanol–water partition coefficient (Wildman–Crippen LogP) is 1.78. The largest absolute Gasteiger partial charge is 0.337 e. The van der Waals surface area contributed by atoms with E-state index in [2.05, 4.69) is 20.2 Å². The van der Waals surface area contributed by atoms with Gasteiger partial charge in [0.25, 0.3) is 0 Å². The van der Waals surface area contributed by atoms with Crippen molar-refractivity contribution >= 4 is 12.2 Å². The standard InChI is InChI=1S/C12H12N6S/c1-17-7-6-14-10(17)8-18-11(15-16-12(18)19)9-2-4-13-5-3-9/h2-7H,8H2,1H3,(H,16,19). The Morgan fingerprint density at radius 2 is 2.05 bits per heavy atom. The van der Waals surface area contributed by atoms with E-state index in [9.17, 15) is 0 Å². The molecule has 3 aromatic rings. The molecule has 3 aromatic heterocycles. The van der Waals surface area contributed by atoms with Crippen LogP contribution >= 0.6 is 12.2 Å². The molecule has 7 heteroatoms. The molecule has 0 aliphatic rings. The number of nitrogens with one attached hydrogen (secondary N) is 1. The van der Waals surface area contributed by atoms with Crippen LogP contribution in [-0.4, -0.2) is 29.3 Å². The number of pyridine rings is 1. The Morgan fingerprint density at radius 1 is 1.26 bits per heavy atom. The summed E-state index contributed by atoms with van der Waals surface area (Å²) in [7, 11) is 1.96. The molecule has 0 radical (unpaired) electrons. The number of nitrogens with zero attached hydrogens (tertiary/aromatic N) is 5. The van der Waals surface area contributed by atoms with Crippen LogP contribution in [0.4, 0.5) is 0 Å². The third kappa shape index (κ3) is 2.19. The van der Waals surface area contributed by atoms with E-state index in [0.717, 1.165) is 17.2 Å².